The Morgan fingerprint density at radius 3 is 2.90 bits per heavy atom. The minimum atomic E-state index is -0.0364. The maximum atomic E-state index is 12.9. The number of aliphatic hydroxyl groups excluding tert-OH is 1. The number of piperidine rings is 1. The largest absolute Gasteiger partial charge is 0.422 e. The third-order valence-electron chi connectivity index (χ3n) is 5.35. The van der Waals surface area contributed by atoms with Gasteiger partial charge in [0.1, 0.15) is 0 Å². The lowest BCUT2D eigenvalue weighted by Gasteiger charge is -2.32. The summed E-state index contributed by atoms with van der Waals surface area (Å²) in [6, 6.07) is 14.2. The number of hydrogen-bond acceptors (Lipinski definition) is 6. The first-order valence-corrected chi connectivity index (χ1v) is 10.1. The number of hydrogen-bond donors (Lipinski definition) is 1. The maximum Gasteiger partial charge on any atom is 0.299 e. The highest BCUT2D eigenvalue weighted by atomic mass is 16.4. The Kier molecular flexibility index (Phi) is 6.05. The number of amides is 1. The van der Waals surface area contributed by atoms with Gasteiger partial charge in [-0.2, -0.15) is 4.98 Å². The molecule has 1 unspecified atom stereocenters. The van der Waals surface area contributed by atoms with Crippen LogP contribution in [0.2, 0.25) is 0 Å². The van der Waals surface area contributed by atoms with E-state index in [9.17, 15) is 9.90 Å². The van der Waals surface area contributed by atoms with Crippen LogP contribution in [-0.4, -0.2) is 52.1 Å². The van der Waals surface area contributed by atoms with Gasteiger partial charge in [-0.25, -0.2) is 4.98 Å². The second kappa shape index (κ2) is 9.05. The van der Waals surface area contributed by atoms with Crippen LogP contribution in [0.1, 0.15) is 24.8 Å². The first-order chi connectivity index (χ1) is 14.2. The number of aliphatic hydroxyl groups is 1. The Bertz CT molecular complexity index is 910. The number of rotatable bonds is 7. The fourth-order valence-electron chi connectivity index (χ4n) is 3.89. The van der Waals surface area contributed by atoms with Gasteiger partial charge in [0.15, 0.2) is 5.58 Å². The fourth-order valence-corrected chi connectivity index (χ4v) is 3.89. The van der Waals surface area contributed by atoms with Gasteiger partial charge in [0.2, 0.25) is 11.6 Å². The lowest BCUT2D eigenvalue weighted by atomic mass is 9.94. The van der Waals surface area contributed by atoms with Gasteiger partial charge in [0.05, 0.1) is 6.61 Å². The van der Waals surface area contributed by atoms with Crippen molar-refractivity contribution in [1.82, 2.24) is 14.9 Å². The van der Waals surface area contributed by atoms with Crippen LogP contribution in [0.4, 0.5) is 6.01 Å². The van der Waals surface area contributed by atoms with Crippen molar-refractivity contribution in [2.24, 2.45) is 5.92 Å². The number of benzene rings is 1. The van der Waals surface area contributed by atoms with Crippen molar-refractivity contribution in [3.8, 4) is 0 Å². The number of anilines is 1. The lowest BCUT2D eigenvalue weighted by molar-refractivity contribution is -0.133. The highest BCUT2D eigenvalue weighted by molar-refractivity contribution is 5.76. The summed E-state index contributed by atoms with van der Waals surface area (Å²) >= 11 is 0. The van der Waals surface area contributed by atoms with Crippen molar-refractivity contribution in [3.63, 3.8) is 0 Å². The van der Waals surface area contributed by atoms with Gasteiger partial charge < -0.3 is 19.3 Å². The van der Waals surface area contributed by atoms with Gasteiger partial charge >= 0.3 is 0 Å². The first kappa shape index (κ1) is 19.4. The number of carbonyl (C=O) groups is 1. The van der Waals surface area contributed by atoms with E-state index in [4.69, 9.17) is 4.42 Å². The zero-order valence-electron chi connectivity index (χ0n) is 16.4. The van der Waals surface area contributed by atoms with Crippen molar-refractivity contribution >= 4 is 23.2 Å². The number of oxazole rings is 1. The Hall–Kier alpha value is -2.93. The number of fused-ring (bicyclic) bond motifs is 1. The van der Waals surface area contributed by atoms with Gasteiger partial charge in [-0.1, -0.05) is 30.3 Å². The third kappa shape index (κ3) is 4.74. The predicted octanol–water partition coefficient (Wildman–Crippen LogP) is 2.85. The van der Waals surface area contributed by atoms with E-state index in [1.54, 1.807) is 11.1 Å². The van der Waals surface area contributed by atoms with Crippen molar-refractivity contribution in [2.45, 2.75) is 25.8 Å². The van der Waals surface area contributed by atoms with Crippen LogP contribution in [0.25, 0.3) is 11.2 Å². The molecule has 7 nitrogen and oxygen atoms in total. The molecule has 0 bridgehead atoms. The topological polar surface area (TPSA) is 82.7 Å². The molecule has 1 atom stereocenters. The fraction of sp³-hybridized carbons (Fsp3) is 0.409. The summed E-state index contributed by atoms with van der Waals surface area (Å²) in [6.45, 7) is 2.43. The van der Waals surface area contributed by atoms with Gasteiger partial charge in [-0.05, 0) is 36.5 Å². The average molecular weight is 394 g/mol. The molecule has 0 radical (unpaired) electrons. The van der Waals surface area contributed by atoms with E-state index in [0.717, 1.165) is 31.5 Å². The zero-order chi connectivity index (χ0) is 20.1. The van der Waals surface area contributed by atoms with Crippen LogP contribution >= 0.6 is 0 Å². The SMILES string of the molecule is O=C(CC1CCCN(c2nc3ncccc3o2)C1)N(CCO)Cc1ccccc1. The van der Waals surface area contributed by atoms with Crippen LogP contribution < -0.4 is 4.90 Å². The Morgan fingerprint density at radius 1 is 1.24 bits per heavy atom. The van der Waals surface area contributed by atoms with E-state index in [2.05, 4.69) is 14.9 Å². The molecule has 1 fully saturated rings. The van der Waals surface area contributed by atoms with Crippen molar-refractivity contribution in [2.75, 3.05) is 31.1 Å². The Morgan fingerprint density at radius 2 is 2.10 bits per heavy atom. The second-order valence-electron chi connectivity index (χ2n) is 7.50. The number of nitrogens with zero attached hydrogens (tertiary/aromatic N) is 4. The molecule has 2 aromatic heterocycles. The minimum Gasteiger partial charge on any atom is -0.422 e. The molecule has 1 amide bonds. The summed E-state index contributed by atoms with van der Waals surface area (Å²) in [5.74, 6) is 0.310. The van der Waals surface area contributed by atoms with Gasteiger partial charge in [-0.3, -0.25) is 4.79 Å². The summed E-state index contributed by atoms with van der Waals surface area (Å²) in [5, 5.41) is 9.40. The normalized spacial score (nSPS) is 16.9. The number of carbonyl (C=O) groups excluding carboxylic acids is 1. The molecule has 0 aliphatic carbocycles. The molecule has 1 aromatic carbocycles. The molecule has 1 saturated heterocycles. The van der Waals surface area contributed by atoms with Crippen LogP contribution in [0, 0.1) is 5.92 Å². The van der Waals surface area contributed by atoms with Crippen LogP contribution in [0.15, 0.2) is 53.1 Å². The molecule has 1 aliphatic heterocycles. The van der Waals surface area contributed by atoms with Crippen LogP contribution in [0.3, 0.4) is 0 Å². The highest BCUT2D eigenvalue weighted by Crippen LogP contribution is 2.27. The molecule has 0 spiro atoms. The van der Waals surface area contributed by atoms with E-state index in [1.165, 1.54) is 0 Å². The molecule has 3 heterocycles. The molecule has 7 heteroatoms. The molecule has 152 valence electrons. The molecule has 0 saturated carbocycles. The summed E-state index contributed by atoms with van der Waals surface area (Å²) in [4.78, 5) is 25.5. The number of pyridine rings is 1. The van der Waals surface area contributed by atoms with Gasteiger partial charge in [-0.15, -0.1) is 0 Å². The Labute approximate surface area is 170 Å². The highest BCUT2D eigenvalue weighted by Gasteiger charge is 2.27. The molecule has 4 rings (SSSR count). The van der Waals surface area contributed by atoms with E-state index in [-0.39, 0.29) is 18.4 Å². The van der Waals surface area contributed by atoms with Crippen molar-refractivity contribution in [3.05, 3.63) is 54.2 Å². The maximum absolute atomic E-state index is 12.9. The quantitative estimate of drug-likeness (QED) is 0.664. The zero-order valence-corrected chi connectivity index (χ0v) is 16.4. The molecule has 1 aliphatic rings. The second-order valence-corrected chi connectivity index (χ2v) is 7.50. The summed E-state index contributed by atoms with van der Waals surface area (Å²) in [5.41, 5.74) is 2.36. The standard InChI is InChI=1S/C22H26N4O3/c27-13-12-25(15-17-6-2-1-3-7-17)20(28)14-18-8-5-11-26(16-18)22-24-21-19(29-22)9-4-10-23-21/h1-4,6-7,9-10,18,27H,5,8,11-16H2. The predicted molar refractivity (Wildman–Crippen MR) is 110 cm³/mol. The van der Waals surface area contributed by atoms with Crippen LogP contribution in [-0.2, 0) is 11.3 Å². The molecule has 1 N–H and O–H groups in total. The smallest absolute Gasteiger partial charge is 0.299 e. The summed E-state index contributed by atoms with van der Waals surface area (Å²) in [7, 11) is 0. The van der Waals surface area contributed by atoms with Crippen molar-refractivity contribution in [1.29, 1.82) is 0 Å². The van der Waals surface area contributed by atoms with Crippen LogP contribution in [0.5, 0.6) is 0 Å². The van der Waals surface area contributed by atoms with Crippen molar-refractivity contribution < 1.29 is 14.3 Å². The average Bonchev–Trinajstić information content (AvgIpc) is 3.19. The lowest BCUT2D eigenvalue weighted by Crippen LogP contribution is -2.40. The van der Waals surface area contributed by atoms with E-state index < -0.39 is 0 Å². The molecule has 29 heavy (non-hydrogen) atoms. The van der Waals surface area contributed by atoms with Gasteiger partial charge in [0, 0.05) is 38.8 Å². The molecular formula is C22H26N4O3. The summed E-state index contributed by atoms with van der Waals surface area (Å²) in [6.07, 6.45) is 4.15. The monoisotopic (exact) mass is 394 g/mol. The minimum absolute atomic E-state index is 0.0364. The third-order valence-corrected chi connectivity index (χ3v) is 5.35. The first-order valence-electron chi connectivity index (χ1n) is 10.1. The van der Waals surface area contributed by atoms with E-state index in [1.807, 2.05) is 42.5 Å². The molecular weight excluding hydrogens is 368 g/mol. The molecule has 3 aromatic rings. The van der Waals surface area contributed by atoms with E-state index >= 15 is 0 Å². The van der Waals surface area contributed by atoms with E-state index in [0.29, 0.717) is 36.8 Å². The number of aromatic nitrogens is 2. The summed E-state index contributed by atoms with van der Waals surface area (Å²) < 4.78 is 5.85. The Balaban J connectivity index is 1.40. The van der Waals surface area contributed by atoms with Gasteiger partial charge in [0.25, 0.3) is 6.01 Å².